The molecule has 0 radical (unpaired) electrons. The molecule has 0 unspecified atom stereocenters. The predicted molar refractivity (Wildman–Crippen MR) is 130 cm³/mol. The van der Waals surface area contributed by atoms with E-state index in [0.717, 1.165) is 22.0 Å². The van der Waals surface area contributed by atoms with Crippen LogP contribution in [0.1, 0.15) is 36.5 Å². The summed E-state index contributed by atoms with van der Waals surface area (Å²) in [6.45, 7) is 6.98. The Balaban J connectivity index is 1.88. The van der Waals surface area contributed by atoms with Gasteiger partial charge in [0.15, 0.2) is 0 Å². The van der Waals surface area contributed by atoms with Gasteiger partial charge in [0.1, 0.15) is 12.4 Å². The fourth-order valence-corrected chi connectivity index (χ4v) is 3.75. The number of hydrogen-bond donors (Lipinski definition) is 0. The summed E-state index contributed by atoms with van der Waals surface area (Å²) in [5.74, 6) is 3.57. The first-order valence-corrected chi connectivity index (χ1v) is 10.7. The van der Waals surface area contributed by atoms with Crippen molar-refractivity contribution in [3.8, 4) is 29.4 Å². The van der Waals surface area contributed by atoms with Crippen LogP contribution in [0, 0.1) is 19.3 Å². The highest BCUT2D eigenvalue weighted by atomic mass is 16.5. The normalized spacial score (nSPS) is 11.0. The minimum atomic E-state index is -0.279. The maximum absolute atomic E-state index is 13.1. The molecule has 0 atom stereocenters. The molecule has 0 spiro atoms. The second kappa shape index (κ2) is 9.11. The fourth-order valence-electron chi connectivity index (χ4n) is 3.75. The van der Waals surface area contributed by atoms with E-state index in [1.165, 1.54) is 11.1 Å². The van der Waals surface area contributed by atoms with Gasteiger partial charge in [-0.1, -0.05) is 73.9 Å². The first-order chi connectivity index (χ1) is 15.5. The van der Waals surface area contributed by atoms with Crippen molar-refractivity contribution in [2.75, 3.05) is 6.61 Å². The molecule has 160 valence electrons. The van der Waals surface area contributed by atoms with Crippen molar-refractivity contribution >= 4 is 10.9 Å². The first-order valence-electron chi connectivity index (χ1n) is 10.7. The molecule has 0 aliphatic carbocycles. The van der Waals surface area contributed by atoms with Crippen LogP contribution < -0.4 is 10.4 Å². The monoisotopic (exact) mass is 422 g/mol. The Morgan fingerprint density at radius 1 is 1.03 bits per heavy atom. The maximum atomic E-state index is 13.1. The van der Waals surface area contributed by atoms with E-state index in [4.69, 9.17) is 11.2 Å². The summed E-state index contributed by atoms with van der Waals surface area (Å²) in [7, 11) is 0. The largest absolute Gasteiger partial charge is 0.481 e. The van der Waals surface area contributed by atoms with Crippen molar-refractivity contribution in [2.24, 2.45) is 0 Å². The highest BCUT2D eigenvalue weighted by Gasteiger charge is 2.14. The lowest BCUT2D eigenvalue weighted by atomic mass is 9.99. The van der Waals surface area contributed by atoms with E-state index in [9.17, 15) is 4.79 Å². The first kappa shape index (κ1) is 21.4. The van der Waals surface area contributed by atoms with Gasteiger partial charge in [0.25, 0.3) is 0 Å². The fraction of sp³-hybridized carbons (Fsp3) is 0.214. The molecule has 0 aliphatic heterocycles. The zero-order valence-electron chi connectivity index (χ0n) is 18.6. The van der Waals surface area contributed by atoms with E-state index >= 15 is 0 Å². The number of ether oxygens (including phenoxy) is 1. The second-order valence-corrected chi connectivity index (χ2v) is 8.26. The molecule has 0 saturated carbocycles. The highest BCUT2D eigenvalue weighted by molar-refractivity contribution is 5.93. The number of aryl methyl sites for hydroxylation is 1. The molecule has 4 aromatic rings. The zero-order chi connectivity index (χ0) is 22.7. The average molecular weight is 423 g/mol. The molecule has 0 saturated heterocycles. The van der Waals surface area contributed by atoms with E-state index in [1.807, 2.05) is 61.5 Å². The Labute approximate surface area is 188 Å². The summed E-state index contributed by atoms with van der Waals surface area (Å²) in [5.41, 5.74) is 5.53. The van der Waals surface area contributed by atoms with Crippen LogP contribution in [0.25, 0.3) is 22.2 Å². The maximum Gasteiger partial charge on any atom is 0.348 e. The van der Waals surface area contributed by atoms with E-state index in [1.54, 1.807) is 4.57 Å². The van der Waals surface area contributed by atoms with Gasteiger partial charge in [0.2, 0.25) is 0 Å². The number of aromatic nitrogens is 2. The van der Waals surface area contributed by atoms with Gasteiger partial charge in [-0.3, -0.25) is 4.57 Å². The summed E-state index contributed by atoms with van der Waals surface area (Å²) < 4.78 is 7.36. The number of nitrogens with zero attached hydrogens (tertiary/aromatic N) is 2. The third kappa shape index (κ3) is 4.43. The molecule has 0 aliphatic rings. The van der Waals surface area contributed by atoms with Crippen LogP contribution in [0.3, 0.4) is 0 Å². The Kier molecular flexibility index (Phi) is 6.09. The topological polar surface area (TPSA) is 44.1 Å². The molecular weight excluding hydrogens is 396 g/mol. The molecule has 4 heteroatoms. The van der Waals surface area contributed by atoms with Gasteiger partial charge in [-0.2, -0.15) is 4.98 Å². The number of rotatable bonds is 6. The van der Waals surface area contributed by atoms with Crippen LogP contribution in [0.15, 0.2) is 71.5 Å². The van der Waals surface area contributed by atoms with Crippen molar-refractivity contribution in [1.29, 1.82) is 0 Å². The molecule has 0 fully saturated rings. The summed E-state index contributed by atoms with van der Waals surface area (Å²) in [4.78, 5) is 17.6. The molecule has 4 nitrogen and oxygen atoms in total. The second-order valence-electron chi connectivity index (χ2n) is 8.26. The molecule has 0 N–H and O–H groups in total. The summed E-state index contributed by atoms with van der Waals surface area (Å²) in [5, 5.41) is 0.850. The summed E-state index contributed by atoms with van der Waals surface area (Å²) in [6, 6.07) is 22.1. The van der Waals surface area contributed by atoms with Crippen LogP contribution in [0.4, 0.5) is 0 Å². The van der Waals surface area contributed by atoms with Crippen molar-refractivity contribution in [3.05, 3.63) is 93.9 Å². The van der Waals surface area contributed by atoms with E-state index in [2.05, 4.69) is 36.9 Å². The third-order valence-corrected chi connectivity index (χ3v) is 5.59. The summed E-state index contributed by atoms with van der Waals surface area (Å²) in [6.07, 6.45) is 5.36. The van der Waals surface area contributed by atoms with Gasteiger partial charge >= 0.3 is 5.69 Å². The van der Waals surface area contributed by atoms with E-state index in [-0.39, 0.29) is 12.3 Å². The lowest BCUT2D eigenvalue weighted by Gasteiger charge is -2.15. The van der Waals surface area contributed by atoms with E-state index < -0.39 is 0 Å². The van der Waals surface area contributed by atoms with Gasteiger partial charge in [0, 0.05) is 10.9 Å². The standard InChI is InChI=1S/C28H26N2O2/c1-5-16-32-24-14-15-26-25(17-24)27(23-12-10-22(11-13-23)19(2)3)29-28(31)30(26)18-21-8-6-20(4)7-9-21/h1,6-15,17,19H,16,18H2,2-4H3. The van der Waals surface area contributed by atoms with Crippen LogP contribution in [-0.4, -0.2) is 16.2 Å². The highest BCUT2D eigenvalue weighted by Crippen LogP contribution is 2.30. The Bertz CT molecular complexity index is 1340. The Morgan fingerprint density at radius 3 is 2.41 bits per heavy atom. The number of hydrogen-bond acceptors (Lipinski definition) is 3. The molecular formula is C28H26N2O2. The summed E-state index contributed by atoms with van der Waals surface area (Å²) >= 11 is 0. The molecule has 4 rings (SSSR count). The van der Waals surface area contributed by atoms with Crippen molar-refractivity contribution in [2.45, 2.75) is 33.2 Å². The van der Waals surface area contributed by atoms with Crippen molar-refractivity contribution in [1.82, 2.24) is 9.55 Å². The molecule has 1 aromatic heterocycles. The quantitative estimate of drug-likeness (QED) is 0.382. The van der Waals surface area contributed by atoms with E-state index in [0.29, 0.717) is 23.9 Å². The zero-order valence-corrected chi connectivity index (χ0v) is 18.6. The predicted octanol–water partition coefficient (Wildman–Crippen LogP) is 5.56. The smallest absolute Gasteiger partial charge is 0.348 e. The molecule has 0 bridgehead atoms. The van der Waals surface area contributed by atoms with Crippen molar-refractivity contribution < 1.29 is 4.74 Å². The Hall–Kier alpha value is -3.84. The molecule has 3 aromatic carbocycles. The molecule has 1 heterocycles. The third-order valence-electron chi connectivity index (χ3n) is 5.59. The van der Waals surface area contributed by atoms with Gasteiger partial charge in [-0.05, 0) is 42.2 Å². The number of terminal acetylenes is 1. The lowest BCUT2D eigenvalue weighted by molar-refractivity contribution is 0.371. The van der Waals surface area contributed by atoms with Crippen LogP contribution in [-0.2, 0) is 6.54 Å². The van der Waals surface area contributed by atoms with Gasteiger partial charge in [-0.25, -0.2) is 4.79 Å². The van der Waals surface area contributed by atoms with Gasteiger partial charge in [0.05, 0.1) is 17.8 Å². The minimum absolute atomic E-state index is 0.181. The Morgan fingerprint density at radius 2 is 1.75 bits per heavy atom. The molecule has 0 amide bonds. The van der Waals surface area contributed by atoms with Crippen LogP contribution >= 0.6 is 0 Å². The van der Waals surface area contributed by atoms with Gasteiger partial charge < -0.3 is 4.74 Å². The molecule has 32 heavy (non-hydrogen) atoms. The minimum Gasteiger partial charge on any atom is -0.481 e. The van der Waals surface area contributed by atoms with Crippen molar-refractivity contribution in [3.63, 3.8) is 0 Å². The lowest BCUT2D eigenvalue weighted by Crippen LogP contribution is -2.24. The van der Waals surface area contributed by atoms with Crippen LogP contribution in [0.5, 0.6) is 5.75 Å². The number of fused-ring (bicyclic) bond motifs is 1. The van der Waals surface area contributed by atoms with Crippen LogP contribution in [0.2, 0.25) is 0 Å². The van der Waals surface area contributed by atoms with Gasteiger partial charge in [-0.15, -0.1) is 6.42 Å². The average Bonchev–Trinajstić information content (AvgIpc) is 2.80. The SMILES string of the molecule is C#CCOc1ccc2c(c1)c(-c1ccc(C(C)C)cc1)nc(=O)n2Cc1ccc(C)cc1. The number of benzene rings is 3.